The molecule has 98 valence electrons. The van der Waals surface area contributed by atoms with Crippen LogP contribution in [-0.2, 0) is 9.53 Å². The number of rotatable bonds is 5. The van der Waals surface area contributed by atoms with Crippen LogP contribution in [0.15, 0.2) is 0 Å². The van der Waals surface area contributed by atoms with Crippen molar-refractivity contribution in [3.8, 4) is 0 Å². The first-order valence-corrected chi connectivity index (χ1v) is 5.54. The van der Waals surface area contributed by atoms with Crippen LogP contribution in [0.4, 0.5) is 4.79 Å². The molecule has 0 aromatic carbocycles. The Labute approximate surface area is 99.1 Å². The van der Waals surface area contributed by atoms with E-state index in [1.165, 1.54) is 0 Å². The lowest BCUT2D eigenvalue weighted by Gasteiger charge is -2.16. The number of aliphatic hydroxyl groups excluding tert-OH is 1. The molecule has 7 heteroatoms. The van der Waals surface area contributed by atoms with E-state index in [0.717, 1.165) is 6.42 Å². The second-order valence-electron chi connectivity index (χ2n) is 4.05. The zero-order chi connectivity index (χ0) is 12.8. The summed E-state index contributed by atoms with van der Waals surface area (Å²) in [7, 11) is 0. The summed E-state index contributed by atoms with van der Waals surface area (Å²) >= 11 is 0. The highest BCUT2D eigenvalue weighted by atomic mass is 16.5. The molecule has 1 aliphatic rings. The van der Waals surface area contributed by atoms with Crippen LogP contribution in [0.5, 0.6) is 0 Å². The number of hydrogen-bond acceptors (Lipinski definition) is 4. The van der Waals surface area contributed by atoms with Crippen molar-refractivity contribution in [3.05, 3.63) is 0 Å². The van der Waals surface area contributed by atoms with E-state index >= 15 is 0 Å². The molecule has 17 heavy (non-hydrogen) atoms. The van der Waals surface area contributed by atoms with Gasteiger partial charge in [0, 0.05) is 19.1 Å². The molecule has 0 radical (unpaired) electrons. The lowest BCUT2D eigenvalue weighted by atomic mass is 10.0. The highest BCUT2D eigenvalue weighted by Crippen LogP contribution is 2.19. The normalized spacial score (nSPS) is 25.3. The van der Waals surface area contributed by atoms with Crippen LogP contribution in [0, 0.1) is 5.92 Å². The minimum absolute atomic E-state index is 0.100. The fourth-order valence-electron chi connectivity index (χ4n) is 1.66. The van der Waals surface area contributed by atoms with Gasteiger partial charge >= 0.3 is 12.0 Å². The Morgan fingerprint density at radius 2 is 2.24 bits per heavy atom. The summed E-state index contributed by atoms with van der Waals surface area (Å²) in [5.74, 6) is -1.02. The van der Waals surface area contributed by atoms with Crippen LogP contribution >= 0.6 is 0 Å². The Kier molecular flexibility index (Phi) is 5.17. The Hall–Kier alpha value is -1.34. The van der Waals surface area contributed by atoms with Gasteiger partial charge < -0.3 is 25.6 Å². The van der Waals surface area contributed by atoms with Gasteiger partial charge in [-0.05, 0) is 13.3 Å². The van der Waals surface area contributed by atoms with Gasteiger partial charge in [-0.2, -0.15) is 0 Å². The van der Waals surface area contributed by atoms with Crippen LogP contribution in [0.3, 0.4) is 0 Å². The van der Waals surface area contributed by atoms with E-state index in [4.69, 9.17) is 14.9 Å². The van der Waals surface area contributed by atoms with Crippen molar-refractivity contribution < 1.29 is 24.5 Å². The Bertz CT molecular complexity index is 284. The molecule has 2 amide bonds. The standard InChI is InChI=1S/C10H18N2O5/c1-6-7(2-3-17-6)4-11-10(16)12-8(5-13)9(14)15/h6-8,13H,2-5H2,1H3,(H,14,15)(H2,11,12,16)/t6?,7?,8-/m0/s1. The fourth-order valence-corrected chi connectivity index (χ4v) is 1.66. The second-order valence-corrected chi connectivity index (χ2v) is 4.05. The largest absolute Gasteiger partial charge is 0.480 e. The van der Waals surface area contributed by atoms with Gasteiger partial charge in [0.15, 0.2) is 6.04 Å². The third-order valence-corrected chi connectivity index (χ3v) is 2.84. The third kappa shape index (κ3) is 4.20. The van der Waals surface area contributed by atoms with Crippen molar-refractivity contribution in [2.45, 2.75) is 25.5 Å². The van der Waals surface area contributed by atoms with Crippen molar-refractivity contribution in [2.75, 3.05) is 19.8 Å². The van der Waals surface area contributed by atoms with Crippen molar-refractivity contribution in [3.63, 3.8) is 0 Å². The van der Waals surface area contributed by atoms with E-state index in [0.29, 0.717) is 13.2 Å². The molecule has 0 aliphatic carbocycles. The maximum atomic E-state index is 11.3. The highest BCUT2D eigenvalue weighted by Gasteiger charge is 2.25. The molecule has 0 aromatic rings. The van der Waals surface area contributed by atoms with E-state index in [-0.39, 0.29) is 12.0 Å². The SMILES string of the molecule is CC1OCCC1CNC(=O)N[C@@H](CO)C(=O)O. The van der Waals surface area contributed by atoms with Gasteiger partial charge in [-0.15, -0.1) is 0 Å². The molecule has 7 nitrogen and oxygen atoms in total. The van der Waals surface area contributed by atoms with Gasteiger partial charge in [0.05, 0.1) is 12.7 Å². The smallest absolute Gasteiger partial charge is 0.328 e. The molecule has 1 fully saturated rings. The number of amides is 2. The average Bonchev–Trinajstić information content (AvgIpc) is 2.68. The number of urea groups is 1. The first-order valence-electron chi connectivity index (χ1n) is 5.54. The van der Waals surface area contributed by atoms with Crippen LogP contribution in [0.1, 0.15) is 13.3 Å². The summed E-state index contributed by atoms with van der Waals surface area (Å²) in [6.07, 6.45) is 0.979. The van der Waals surface area contributed by atoms with Gasteiger partial charge in [-0.3, -0.25) is 0 Å². The van der Waals surface area contributed by atoms with Crippen LogP contribution < -0.4 is 10.6 Å². The summed E-state index contributed by atoms with van der Waals surface area (Å²) < 4.78 is 5.33. The molecule has 0 aromatic heterocycles. The van der Waals surface area contributed by atoms with Crippen molar-refractivity contribution in [1.82, 2.24) is 10.6 Å². The monoisotopic (exact) mass is 246 g/mol. The third-order valence-electron chi connectivity index (χ3n) is 2.84. The van der Waals surface area contributed by atoms with E-state index in [9.17, 15) is 9.59 Å². The molecular formula is C10H18N2O5. The van der Waals surface area contributed by atoms with Crippen LogP contribution in [-0.4, -0.2) is 54.1 Å². The fraction of sp³-hybridized carbons (Fsp3) is 0.800. The summed E-state index contributed by atoms with van der Waals surface area (Å²) in [6, 6.07) is -1.86. The zero-order valence-electron chi connectivity index (χ0n) is 9.68. The lowest BCUT2D eigenvalue weighted by molar-refractivity contribution is -0.140. The molecule has 0 spiro atoms. The topological polar surface area (TPSA) is 108 Å². The summed E-state index contributed by atoms with van der Waals surface area (Å²) in [5.41, 5.74) is 0. The van der Waals surface area contributed by atoms with Crippen LogP contribution in [0.25, 0.3) is 0 Å². The summed E-state index contributed by atoms with van der Waals surface area (Å²) in [4.78, 5) is 21.9. The minimum atomic E-state index is -1.27. The molecule has 1 rings (SSSR count). The first-order chi connectivity index (χ1) is 8.04. The quantitative estimate of drug-likeness (QED) is 0.505. The van der Waals surface area contributed by atoms with Gasteiger partial charge in [0.25, 0.3) is 0 Å². The minimum Gasteiger partial charge on any atom is -0.480 e. The van der Waals surface area contributed by atoms with E-state index in [1.54, 1.807) is 0 Å². The number of carboxylic acids is 1. The molecule has 1 heterocycles. The summed E-state index contributed by atoms with van der Waals surface area (Å²) in [6.45, 7) is 2.42. The first kappa shape index (κ1) is 13.7. The van der Waals surface area contributed by atoms with Gasteiger partial charge in [0.1, 0.15) is 0 Å². The predicted molar refractivity (Wildman–Crippen MR) is 58.6 cm³/mol. The summed E-state index contributed by atoms with van der Waals surface area (Å²) in [5, 5.41) is 22.1. The number of carbonyl (C=O) groups excluding carboxylic acids is 1. The van der Waals surface area contributed by atoms with Gasteiger partial charge in [-0.25, -0.2) is 9.59 Å². The Morgan fingerprint density at radius 1 is 1.53 bits per heavy atom. The van der Waals surface area contributed by atoms with Crippen molar-refractivity contribution >= 4 is 12.0 Å². The number of hydrogen-bond donors (Lipinski definition) is 4. The molecule has 4 N–H and O–H groups in total. The Morgan fingerprint density at radius 3 is 2.71 bits per heavy atom. The lowest BCUT2D eigenvalue weighted by Crippen LogP contribution is -2.49. The maximum Gasteiger partial charge on any atom is 0.328 e. The maximum absolute atomic E-state index is 11.3. The Balaban J connectivity index is 2.27. The number of ether oxygens (including phenoxy) is 1. The number of aliphatic hydroxyl groups is 1. The van der Waals surface area contributed by atoms with E-state index < -0.39 is 24.6 Å². The molecular weight excluding hydrogens is 228 g/mol. The van der Waals surface area contributed by atoms with Crippen molar-refractivity contribution in [1.29, 1.82) is 0 Å². The van der Waals surface area contributed by atoms with Crippen LogP contribution in [0.2, 0.25) is 0 Å². The molecule has 1 saturated heterocycles. The average molecular weight is 246 g/mol. The van der Waals surface area contributed by atoms with E-state index in [2.05, 4.69) is 10.6 Å². The number of aliphatic carboxylic acids is 1. The number of carbonyl (C=O) groups is 2. The molecule has 0 bridgehead atoms. The van der Waals surface area contributed by atoms with E-state index in [1.807, 2.05) is 6.92 Å². The molecule has 3 atom stereocenters. The highest BCUT2D eigenvalue weighted by molar-refractivity contribution is 5.82. The predicted octanol–water partition coefficient (Wildman–Crippen LogP) is -0.844. The van der Waals surface area contributed by atoms with Gasteiger partial charge in [0.2, 0.25) is 0 Å². The number of nitrogens with one attached hydrogen (secondary N) is 2. The zero-order valence-corrected chi connectivity index (χ0v) is 9.68. The molecule has 2 unspecified atom stereocenters. The molecule has 1 aliphatic heterocycles. The number of carboxylic acid groups (broad SMARTS) is 1. The van der Waals surface area contributed by atoms with Gasteiger partial charge in [-0.1, -0.05) is 0 Å². The van der Waals surface area contributed by atoms with Crippen molar-refractivity contribution in [2.24, 2.45) is 5.92 Å². The molecule has 0 saturated carbocycles. The second kappa shape index (κ2) is 6.41.